The summed E-state index contributed by atoms with van der Waals surface area (Å²) < 4.78 is 36.6. The van der Waals surface area contributed by atoms with E-state index in [0.29, 0.717) is 0 Å². The van der Waals surface area contributed by atoms with Gasteiger partial charge in [0.25, 0.3) is 5.69 Å². The van der Waals surface area contributed by atoms with Crippen LogP contribution in [0, 0.1) is 10.1 Å². The zero-order chi connectivity index (χ0) is 12.5. The number of nitro benzene ring substituents is 1. The summed E-state index contributed by atoms with van der Waals surface area (Å²) in [6.45, 7) is 0. The summed E-state index contributed by atoms with van der Waals surface area (Å²) in [5.41, 5.74) is 3.90. The van der Waals surface area contributed by atoms with Crippen molar-refractivity contribution in [3.63, 3.8) is 0 Å². The number of nitro groups is 1. The van der Waals surface area contributed by atoms with Crippen molar-refractivity contribution in [3.8, 4) is 0 Å². The second-order valence-electron chi connectivity index (χ2n) is 3.02. The van der Waals surface area contributed by atoms with Crippen LogP contribution in [0.1, 0.15) is 5.56 Å². The van der Waals surface area contributed by atoms with Gasteiger partial charge in [0.05, 0.1) is 11.3 Å². The van der Waals surface area contributed by atoms with E-state index in [1.165, 1.54) is 6.07 Å². The van der Waals surface area contributed by atoms with E-state index >= 15 is 0 Å². The molecule has 0 atom stereocenters. The first-order valence-corrected chi connectivity index (χ1v) is 4.79. The summed E-state index contributed by atoms with van der Waals surface area (Å²) in [4.78, 5) is 9.70. The van der Waals surface area contributed by atoms with Crippen molar-refractivity contribution in [2.75, 3.05) is 5.73 Å². The Hall–Kier alpha value is -1.31. The molecule has 4 nitrogen and oxygen atoms in total. The first-order valence-electron chi connectivity index (χ1n) is 4.00. The van der Waals surface area contributed by atoms with Gasteiger partial charge in [-0.25, -0.2) is 0 Å². The van der Waals surface area contributed by atoms with E-state index in [1.54, 1.807) is 0 Å². The summed E-state index contributed by atoms with van der Waals surface area (Å²) in [5, 5.41) is 10.6. The van der Waals surface area contributed by atoms with Crippen LogP contribution in [-0.4, -0.2) is 11.1 Å². The predicted octanol–water partition coefficient (Wildman–Crippen LogP) is 3.04. The molecule has 0 aliphatic rings. The number of rotatable bonds is 2. The average Bonchev–Trinajstić information content (AvgIpc) is 2.08. The molecule has 16 heavy (non-hydrogen) atoms. The van der Waals surface area contributed by atoms with Crippen molar-refractivity contribution in [1.82, 2.24) is 0 Å². The lowest BCUT2D eigenvalue weighted by molar-refractivity contribution is -0.385. The standard InChI is InChI=1S/C8H6BrF3N2O2/c9-5-2-1-4(3-8(10,11)12)7(6(5)13)14(15)16/h1-2H,3,13H2. The molecule has 0 heterocycles. The van der Waals surface area contributed by atoms with Gasteiger partial charge in [0.15, 0.2) is 0 Å². The Bertz CT molecular complexity index is 434. The van der Waals surface area contributed by atoms with Gasteiger partial charge in [-0.05, 0) is 22.0 Å². The van der Waals surface area contributed by atoms with Crippen LogP contribution in [0.4, 0.5) is 24.5 Å². The van der Waals surface area contributed by atoms with E-state index in [1.807, 2.05) is 0 Å². The SMILES string of the molecule is Nc1c(Br)ccc(CC(F)(F)F)c1[N+](=O)[O-]. The lowest BCUT2D eigenvalue weighted by Crippen LogP contribution is -2.13. The Morgan fingerprint density at radius 2 is 2.00 bits per heavy atom. The molecule has 0 fully saturated rings. The molecule has 0 saturated heterocycles. The largest absolute Gasteiger partial charge is 0.393 e. The summed E-state index contributed by atoms with van der Waals surface area (Å²) in [7, 11) is 0. The maximum Gasteiger partial charge on any atom is 0.393 e. The number of nitrogen functional groups attached to an aromatic ring is 1. The summed E-state index contributed by atoms with van der Waals surface area (Å²) >= 11 is 2.92. The fourth-order valence-electron chi connectivity index (χ4n) is 1.20. The molecule has 0 bridgehead atoms. The Balaban J connectivity index is 3.29. The van der Waals surface area contributed by atoms with Gasteiger partial charge in [0.1, 0.15) is 5.69 Å². The van der Waals surface area contributed by atoms with Crippen LogP contribution in [-0.2, 0) is 6.42 Å². The number of hydrogen-bond acceptors (Lipinski definition) is 3. The van der Waals surface area contributed by atoms with Gasteiger partial charge in [0.2, 0.25) is 0 Å². The molecule has 0 radical (unpaired) electrons. The van der Waals surface area contributed by atoms with Crippen molar-refractivity contribution in [2.24, 2.45) is 0 Å². The van der Waals surface area contributed by atoms with Crippen molar-refractivity contribution in [1.29, 1.82) is 0 Å². The summed E-state index contributed by atoms with van der Waals surface area (Å²) in [6, 6.07) is 2.29. The lowest BCUT2D eigenvalue weighted by atomic mass is 10.1. The quantitative estimate of drug-likeness (QED) is 0.518. The van der Waals surface area contributed by atoms with Gasteiger partial charge in [-0.1, -0.05) is 6.07 Å². The fourth-order valence-corrected chi connectivity index (χ4v) is 1.52. The average molecular weight is 299 g/mol. The number of hydrogen-bond donors (Lipinski definition) is 1. The molecule has 8 heteroatoms. The van der Waals surface area contributed by atoms with E-state index in [2.05, 4.69) is 15.9 Å². The number of nitrogens with zero attached hydrogens (tertiary/aromatic N) is 1. The first-order chi connectivity index (χ1) is 7.22. The Morgan fingerprint density at radius 1 is 1.44 bits per heavy atom. The smallest absolute Gasteiger partial charge is 0.392 e. The topological polar surface area (TPSA) is 69.2 Å². The Kier molecular flexibility index (Phi) is 3.41. The normalized spacial score (nSPS) is 11.5. The molecule has 0 spiro atoms. The van der Waals surface area contributed by atoms with Crippen LogP contribution in [0.25, 0.3) is 0 Å². The minimum absolute atomic E-state index is 0.199. The summed E-state index contributed by atoms with van der Waals surface area (Å²) in [6.07, 6.45) is -5.88. The number of benzene rings is 1. The molecule has 88 valence electrons. The number of anilines is 1. The molecule has 0 saturated carbocycles. The third-order valence-electron chi connectivity index (χ3n) is 1.82. The van der Waals surface area contributed by atoms with Gasteiger partial charge in [0, 0.05) is 10.0 Å². The van der Waals surface area contributed by atoms with Gasteiger partial charge in [-0.15, -0.1) is 0 Å². The highest BCUT2D eigenvalue weighted by Crippen LogP contribution is 2.35. The number of alkyl halides is 3. The van der Waals surface area contributed by atoms with E-state index < -0.39 is 28.8 Å². The number of nitrogens with two attached hydrogens (primary N) is 1. The minimum atomic E-state index is -4.51. The van der Waals surface area contributed by atoms with Crippen LogP contribution in [0.5, 0.6) is 0 Å². The second-order valence-corrected chi connectivity index (χ2v) is 3.87. The van der Waals surface area contributed by atoms with Crippen LogP contribution >= 0.6 is 15.9 Å². The minimum Gasteiger partial charge on any atom is -0.392 e. The predicted molar refractivity (Wildman–Crippen MR) is 55.0 cm³/mol. The van der Waals surface area contributed by atoms with E-state index in [0.717, 1.165) is 6.07 Å². The van der Waals surface area contributed by atoms with Crippen molar-refractivity contribution >= 4 is 27.3 Å². The molecule has 0 amide bonds. The Labute approximate surface area is 96.5 Å². The van der Waals surface area contributed by atoms with E-state index in [4.69, 9.17) is 5.73 Å². The van der Waals surface area contributed by atoms with Crippen LogP contribution < -0.4 is 5.73 Å². The van der Waals surface area contributed by atoms with Crippen molar-refractivity contribution in [2.45, 2.75) is 12.6 Å². The second kappa shape index (κ2) is 4.28. The van der Waals surface area contributed by atoms with Crippen molar-refractivity contribution < 1.29 is 18.1 Å². The number of halogens is 4. The zero-order valence-corrected chi connectivity index (χ0v) is 9.30. The molecule has 0 aromatic heterocycles. The molecule has 0 aliphatic carbocycles. The van der Waals surface area contributed by atoms with Gasteiger partial charge < -0.3 is 5.73 Å². The molecule has 0 unspecified atom stereocenters. The highest BCUT2D eigenvalue weighted by molar-refractivity contribution is 9.10. The van der Waals surface area contributed by atoms with Gasteiger partial charge >= 0.3 is 6.18 Å². The monoisotopic (exact) mass is 298 g/mol. The van der Waals surface area contributed by atoms with Gasteiger partial charge in [-0.2, -0.15) is 13.2 Å². The molecular weight excluding hydrogens is 293 g/mol. The third-order valence-corrected chi connectivity index (χ3v) is 2.51. The third kappa shape index (κ3) is 2.84. The van der Waals surface area contributed by atoms with Crippen molar-refractivity contribution in [3.05, 3.63) is 32.3 Å². The zero-order valence-electron chi connectivity index (χ0n) is 7.71. The lowest BCUT2D eigenvalue weighted by Gasteiger charge is -2.09. The molecular formula is C8H6BrF3N2O2. The van der Waals surface area contributed by atoms with Crippen LogP contribution in [0.2, 0.25) is 0 Å². The fraction of sp³-hybridized carbons (Fsp3) is 0.250. The Morgan fingerprint density at radius 3 is 2.44 bits per heavy atom. The molecule has 1 aromatic carbocycles. The highest BCUT2D eigenvalue weighted by atomic mass is 79.9. The first kappa shape index (κ1) is 12.8. The highest BCUT2D eigenvalue weighted by Gasteiger charge is 2.33. The van der Waals surface area contributed by atoms with E-state index in [9.17, 15) is 23.3 Å². The van der Waals surface area contributed by atoms with E-state index in [-0.39, 0.29) is 10.2 Å². The van der Waals surface area contributed by atoms with Crippen LogP contribution in [0.3, 0.4) is 0 Å². The van der Waals surface area contributed by atoms with Gasteiger partial charge in [-0.3, -0.25) is 10.1 Å². The van der Waals surface area contributed by atoms with Crippen LogP contribution in [0.15, 0.2) is 16.6 Å². The molecule has 1 rings (SSSR count). The molecule has 1 aromatic rings. The molecule has 2 N–H and O–H groups in total. The maximum atomic E-state index is 12.1. The summed E-state index contributed by atoms with van der Waals surface area (Å²) in [5.74, 6) is 0. The maximum absolute atomic E-state index is 12.1. The molecule has 0 aliphatic heterocycles.